The molecule has 1 aromatic heterocycles. The molecule has 0 radical (unpaired) electrons. The number of likely N-dealkylation sites (tertiary alicyclic amines) is 1. The Balaban J connectivity index is 1.89. The van der Waals surface area contributed by atoms with Crippen molar-refractivity contribution in [3.8, 4) is 0 Å². The topological polar surface area (TPSA) is 45.4 Å². The van der Waals surface area contributed by atoms with E-state index in [0.29, 0.717) is 5.82 Å². The van der Waals surface area contributed by atoms with E-state index in [2.05, 4.69) is 28.3 Å². The molecule has 15 heavy (non-hydrogen) atoms. The number of nitrogen functional groups attached to an aromatic ring is 1. The number of hydrogen-bond acceptors (Lipinski definition) is 5. The minimum absolute atomic E-state index is 0.630. The third kappa shape index (κ3) is 2.60. The molecule has 1 aliphatic rings. The molecule has 0 spiro atoms. The predicted molar refractivity (Wildman–Crippen MR) is 65.4 cm³/mol. The number of nitrogens with two attached hydrogens (primary N) is 1. The monoisotopic (exact) mass is 226 g/mol. The third-order valence-corrected chi connectivity index (χ3v) is 3.83. The quantitative estimate of drug-likeness (QED) is 0.838. The molecule has 0 aromatic carbocycles. The number of rotatable bonds is 3. The molecule has 2 N–H and O–H groups in total. The van der Waals surface area contributed by atoms with E-state index in [-0.39, 0.29) is 0 Å². The van der Waals surface area contributed by atoms with Crippen LogP contribution in [0.4, 0.5) is 10.8 Å². The van der Waals surface area contributed by atoms with Gasteiger partial charge in [-0.2, -0.15) is 4.37 Å². The van der Waals surface area contributed by atoms with Crippen LogP contribution in [0.3, 0.4) is 0 Å². The maximum absolute atomic E-state index is 5.61. The summed E-state index contributed by atoms with van der Waals surface area (Å²) >= 11 is 1.48. The van der Waals surface area contributed by atoms with E-state index in [1.165, 1.54) is 36.0 Å². The predicted octanol–water partition coefficient (Wildman–Crippen LogP) is 1.11. The van der Waals surface area contributed by atoms with Crippen LogP contribution in [0.15, 0.2) is 6.07 Å². The van der Waals surface area contributed by atoms with Gasteiger partial charge >= 0.3 is 0 Å². The first-order chi connectivity index (χ1) is 7.15. The van der Waals surface area contributed by atoms with Crippen LogP contribution in [0, 0.1) is 5.92 Å². The molecular weight excluding hydrogens is 208 g/mol. The van der Waals surface area contributed by atoms with E-state index in [0.717, 1.165) is 12.5 Å². The van der Waals surface area contributed by atoms with Crippen molar-refractivity contribution in [3.63, 3.8) is 0 Å². The van der Waals surface area contributed by atoms with Crippen LogP contribution < -0.4 is 10.6 Å². The second-order valence-electron chi connectivity index (χ2n) is 4.39. The molecule has 2 rings (SSSR count). The molecule has 1 saturated heterocycles. The molecule has 0 amide bonds. The SMILES string of the molecule is CN1CCC(CN(C)c2cc(N)ns2)C1. The van der Waals surface area contributed by atoms with Crippen molar-refractivity contribution in [2.45, 2.75) is 6.42 Å². The normalized spacial score (nSPS) is 22.1. The number of anilines is 2. The molecule has 0 saturated carbocycles. The first-order valence-electron chi connectivity index (χ1n) is 5.27. The Morgan fingerprint density at radius 3 is 3.07 bits per heavy atom. The lowest BCUT2D eigenvalue weighted by Gasteiger charge is -2.20. The molecule has 5 heteroatoms. The van der Waals surface area contributed by atoms with E-state index >= 15 is 0 Å². The fraction of sp³-hybridized carbons (Fsp3) is 0.700. The lowest BCUT2D eigenvalue weighted by atomic mass is 10.1. The molecule has 1 atom stereocenters. The van der Waals surface area contributed by atoms with Crippen molar-refractivity contribution in [1.82, 2.24) is 9.27 Å². The van der Waals surface area contributed by atoms with Gasteiger partial charge < -0.3 is 15.5 Å². The Morgan fingerprint density at radius 1 is 1.73 bits per heavy atom. The lowest BCUT2D eigenvalue weighted by molar-refractivity contribution is 0.396. The smallest absolute Gasteiger partial charge is 0.139 e. The van der Waals surface area contributed by atoms with Crippen LogP contribution in [-0.2, 0) is 0 Å². The summed E-state index contributed by atoms with van der Waals surface area (Å²) in [5.74, 6) is 1.41. The zero-order chi connectivity index (χ0) is 10.8. The molecule has 4 nitrogen and oxygen atoms in total. The van der Waals surface area contributed by atoms with Crippen molar-refractivity contribution < 1.29 is 0 Å². The van der Waals surface area contributed by atoms with Crippen molar-refractivity contribution in [3.05, 3.63) is 6.07 Å². The van der Waals surface area contributed by atoms with Gasteiger partial charge in [0, 0.05) is 26.2 Å². The largest absolute Gasteiger partial charge is 0.383 e. The van der Waals surface area contributed by atoms with Crippen LogP contribution in [0.25, 0.3) is 0 Å². The number of aromatic nitrogens is 1. The summed E-state index contributed by atoms with van der Waals surface area (Å²) in [6.45, 7) is 3.54. The van der Waals surface area contributed by atoms with E-state index in [1.807, 2.05) is 6.07 Å². The Kier molecular flexibility index (Phi) is 3.11. The molecule has 1 unspecified atom stereocenters. The number of hydrogen-bond donors (Lipinski definition) is 1. The first-order valence-corrected chi connectivity index (χ1v) is 6.04. The van der Waals surface area contributed by atoms with Crippen LogP contribution in [0.1, 0.15) is 6.42 Å². The fourth-order valence-electron chi connectivity index (χ4n) is 2.11. The summed E-state index contributed by atoms with van der Waals surface area (Å²) in [6, 6.07) is 1.95. The van der Waals surface area contributed by atoms with Crippen molar-refractivity contribution in [2.24, 2.45) is 5.92 Å². The third-order valence-electron chi connectivity index (χ3n) is 2.91. The summed E-state index contributed by atoms with van der Waals surface area (Å²) in [5.41, 5.74) is 5.61. The minimum Gasteiger partial charge on any atom is -0.383 e. The van der Waals surface area contributed by atoms with E-state index in [4.69, 9.17) is 5.73 Å². The summed E-state index contributed by atoms with van der Waals surface area (Å²) in [7, 11) is 4.30. The molecule has 1 aliphatic heterocycles. The van der Waals surface area contributed by atoms with Crippen molar-refractivity contribution in [1.29, 1.82) is 0 Å². The second kappa shape index (κ2) is 4.37. The highest BCUT2D eigenvalue weighted by Crippen LogP contribution is 2.24. The highest BCUT2D eigenvalue weighted by Gasteiger charge is 2.21. The molecule has 0 aliphatic carbocycles. The Bertz CT molecular complexity index is 325. The van der Waals surface area contributed by atoms with Gasteiger partial charge in [-0.3, -0.25) is 0 Å². The van der Waals surface area contributed by atoms with Gasteiger partial charge in [0.25, 0.3) is 0 Å². The van der Waals surface area contributed by atoms with E-state index in [1.54, 1.807) is 0 Å². The zero-order valence-corrected chi connectivity index (χ0v) is 10.1. The van der Waals surface area contributed by atoms with Crippen LogP contribution in [-0.4, -0.2) is 43.0 Å². The fourth-order valence-corrected chi connectivity index (χ4v) is 2.75. The zero-order valence-electron chi connectivity index (χ0n) is 9.31. The lowest BCUT2D eigenvalue weighted by Crippen LogP contribution is -2.26. The summed E-state index contributed by atoms with van der Waals surface area (Å²) < 4.78 is 4.09. The van der Waals surface area contributed by atoms with E-state index < -0.39 is 0 Å². The molecule has 1 fully saturated rings. The molecule has 0 bridgehead atoms. The summed E-state index contributed by atoms with van der Waals surface area (Å²) in [6.07, 6.45) is 1.30. The highest BCUT2D eigenvalue weighted by molar-refractivity contribution is 7.10. The van der Waals surface area contributed by atoms with Crippen molar-refractivity contribution in [2.75, 3.05) is 44.4 Å². The van der Waals surface area contributed by atoms with Gasteiger partial charge in [-0.15, -0.1) is 0 Å². The van der Waals surface area contributed by atoms with Crippen LogP contribution >= 0.6 is 11.5 Å². The average Bonchev–Trinajstić information content (AvgIpc) is 2.75. The van der Waals surface area contributed by atoms with Gasteiger partial charge in [0.2, 0.25) is 0 Å². The number of nitrogens with zero attached hydrogens (tertiary/aromatic N) is 3. The van der Waals surface area contributed by atoms with Crippen LogP contribution in [0.2, 0.25) is 0 Å². The molecule has 84 valence electrons. The Hall–Kier alpha value is -0.810. The Morgan fingerprint density at radius 2 is 2.53 bits per heavy atom. The second-order valence-corrected chi connectivity index (χ2v) is 5.17. The van der Waals surface area contributed by atoms with Gasteiger partial charge in [-0.1, -0.05) is 0 Å². The van der Waals surface area contributed by atoms with Gasteiger partial charge in [-0.25, -0.2) is 0 Å². The van der Waals surface area contributed by atoms with Gasteiger partial charge in [0.15, 0.2) is 0 Å². The highest BCUT2D eigenvalue weighted by atomic mass is 32.1. The average molecular weight is 226 g/mol. The maximum Gasteiger partial charge on any atom is 0.139 e. The van der Waals surface area contributed by atoms with Crippen LogP contribution in [0.5, 0.6) is 0 Å². The minimum atomic E-state index is 0.630. The molecule has 2 heterocycles. The summed E-state index contributed by atoms with van der Waals surface area (Å²) in [5, 5.41) is 1.17. The van der Waals surface area contributed by atoms with E-state index in [9.17, 15) is 0 Å². The van der Waals surface area contributed by atoms with Gasteiger partial charge in [0.05, 0.1) is 0 Å². The van der Waals surface area contributed by atoms with Gasteiger partial charge in [0.1, 0.15) is 10.8 Å². The maximum atomic E-state index is 5.61. The Labute approximate surface area is 94.8 Å². The van der Waals surface area contributed by atoms with Gasteiger partial charge in [-0.05, 0) is 37.5 Å². The first kappa shape index (κ1) is 10.7. The standard InChI is InChI=1S/C10H18N4S/c1-13-4-3-8(6-13)7-14(2)10-5-9(11)12-15-10/h5,8H,3-4,6-7H2,1-2H3,(H2,11,12). The molecular formula is C10H18N4S. The van der Waals surface area contributed by atoms with Crippen molar-refractivity contribution >= 4 is 22.4 Å². The molecule has 1 aromatic rings. The summed E-state index contributed by atoms with van der Waals surface area (Å²) in [4.78, 5) is 4.65.